The fourth-order valence-corrected chi connectivity index (χ4v) is 5.52. The number of hydrogen-bond donors (Lipinski definition) is 1. The van der Waals surface area contributed by atoms with Crippen LogP contribution < -0.4 is 5.32 Å². The average Bonchev–Trinajstić information content (AvgIpc) is 3.39. The summed E-state index contributed by atoms with van der Waals surface area (Å²) >= 11 is 0. The lowest BCUT2D eigenvalue weighted by molar-refractivity contribution is -0.115. The summed E-state index contributed by atoms with van der Waals surface area (Å²) < 4.78 is 0. The highest BCUT2D eigenvalue weighted by Crippen LogP contribution is 2.54. The molecule has 1 N–H and O–H groups in total. The third kappa shape index (κ3) is 4.19. The van der Waals surface area contributed by atoms with E-state index in [1.54, 1.807) is 12.4 Å². The topological polar surface area (TPSA) is 79.7 Å². The van der Waals surface area contributed by atoms with E-state index in [1.165, 1.54) is 5.56 Å². The standard InChI is InChI=1S/C24H29N5O2/c30-23(27-13-6-18-4-11-25-12-5-18)22-21-20(31-28-22)3-7-24(21)8-14-29(15-9-24)17-19-2-1-10-26-16-19/h1-2,4-5,10-12,16,20-21H,3,6-9,13-15,17H2,(H,27,30)/t20-,21+/m1/s1. The Hall–Kier alpha value is -2.80. The van der Waals surface area contributed by atoms with Gasteiger partial charge in [0.05, 0.1) is 5.92 Å². The number of rotatable bonds is 6. The van der Waals surface area contributed by atoms with Crippen molar-refractivity contribution in [1.82, 2.24) is 20.2 Å². The summed E-state index contributed by atoms with van der Waals surface area (Å²) in [5.41, 5.74) is 3.16. The fraction of sp³-hybridized carbons (Fsp3) is 0.500. The lowest BCUT2D eigenvalue weighted by Crippen LogP contribution is -2.47. The van der Waals surface area contributed by atoms with Gasteiger partial charge in [0.25, 0.3) is 5.91 Å². The molecule has 2 aromatic rings. The zero-order valence-electron chi connectivity index (χ0n) is 17.7. The number of piperidine rings is 1. The third-order valence-electron chi connectivity index (χ3n) is 7.20. The van der Waals surface area contributed by atoms with E-state index in [2.05, 4.69) is 31.4 Å². The largest absolute Gasteiger partial charge is 0.391 e. The van der Waals surface area contributed by atoms with Crippen molar-refractivity contribution in [2.24, 2.45) is 16.5 Å². The highest BCUT2D eigenvalue weighted by molar-refractivity contribution is 6.40. The number of nitrogens with zero attached hydrogens (tertiary/aromatic N) is 4. The van der Waals surface area contributed by atoms with E-state index in [9.17, 15) is 4.79 Å². The molecule has 4 heterocycles. The van der Waals surface area contributed by atoms with E-state index in [1.807, 2.05) is 30.6 Å². The number of oxime groups is 1. The van der Waals surface area contributed by atoms with Crippen LogP contribution in [0.3, 0.4) is 0 Å². The quantitative estimate of drug-likeness (QED) is 0.779. The third-order valence-corrected chi connectivity index (χ3v) is 7.20. The predicted molar refractivity (Wildman–Crippen MR) is 117 cm³/mol. The Morgan fingerprint density at radius 1 is 1.10 bits per heavy atom. The number of pyridine rings is 2. The summed E-state index contributed by atoms with van der Waals surface area (Å²) in [5, 5.41) is 7.32. The Bertz CT molecular complexity index is 926. The monoisotopic (exact) mass is 419 g/mol. The summed E-state index contributed by atoms with van der Waals surface area (Å²) in [4.78, 5) is 29.4. The summed E-state index contributed by atoms with van der Waals surface area (Å²) in [6.07, 6.45) is 12.4. The molecule has 7 nitrogen and oxygen atoms in total. The van der Waals surface area contributed by atoms with Gasteiger partial charge in [0.1, 0.15) is 6.10 Å². The van der Waals surface area contributed by atoms with E-state index >= 15 is 0 Å². The van der Waals surface area contributed by atoms with Crippen molar-refractivity contribution < 1.29 is 9.63 Å². The maximum Gasteiger partial charge on any atom is 0.269 e. The molecule has 7 heteroatoms. The van der Waals surface area contributed by atoms with Gasteiger partial charge in [-0.2, -0.15) is 0 Å². The first kappa shape index (κ1) is 20.1. The first-order valence-corrected chi connectivity index (χ1v) is 11.3. The highest BCUT2D eigenvalue weighted by atomic mass is 16.6. The molecule has 3 aliphatic rings. The highest BCUT2D eigenvalue weighted by Gasteiger charge is 2.56. The number of aromatic nitrogens is 2. The second kappa shape index (κ2) is 8.75. The van der Waals surface area contributed by atoms with Crippen LogP contribution in [0.2, 0.25) is 0 Å². The minimum absolute atomic E-state index is 0.0609. The van der Waals surface area contributed by atoms with Crippen molar-refractivity contribution in [3.05, 3.63) is 60.2 Å². The van der Waals surface area contributed by atoms with Crippen molar-refractivity contribution in [3.8, 4) is 0 Å². The zero-order valence-corrected chi connectivity index (χ0v) is 17.7. The molecule has 31 heavy (non-hydrogen) atoms. The van der Waals surface area contributed by atoms with Gasteiger partial charge >= 0.3 is 0 Å². The van der Waals surface area contributed by atoms with E-state index in [0.717, 1.165) is 57.3 Å². The summed E-state index contributed by atoms with van der Waals surface area (Å²) in [6.45, 7) is 3.60. The molecule has 2 atom stereocenters. The van der Waals surface area contributed by atoms with Crippen LogP contribution in [0.4, 0.5) is 0 Å². The molecule has 1 amide bonds. The molecule has 2 aliphatic heterocycles. The Balaban J connectivity index is 1.19. The average molecular weight is 420 g/mol. The lowest BCUT2D eigenvalue weighted by Gasteiger charge is -2.42. The maximum absolute atomic E-state index is 13.0. The van der Waals surface area contributed by atoms with Gasteiger partial charge in [-0.05, 0) is 79.9 Å². The van der Waals surface area contributed by atoms with Gasteiger partial charge in [0.2, 0.25) is 0 Å². The molecule has 1 aliphatic carbocycles. The maximum atomic E-state index is 13.0. The molecule has 1 saturated carbocycles. The van der Waals surface area contributed by atoms with Gasteiger partial charge < -0.3 is 10.2 Å². The Labute approximate surface area is 182 Å². The summed E-state index contributed by atoms with van der Waals surface area (Å²) in [7, 11) is 0. The molecule has 162 valence electrons. The molecule has 1 saturated heterocycles. The van der Waals surface area contributed by atoms with Crippen LogP contribution in [0, 0.1) is 11.3 Å². The minimum Gasteiger partial charge on any atom is -0.391 e. The van der Waals surface area contributed by atoms with Crippen LogP contribution in [0.25, 0.3) is 0 Å². The Morgan fingerprint density at radius 2 is 1.94 bits per heavy atom. The molecule has 0 aromatic carbocycles. The molecule has 2 aromatic heterocycles. The van der Waals surface area contributed by atoms with Gasteiger partial charge in [-0.1, -0.05) is 11.2 Å². The number of likely N-dealkylation sites (tertiary alicyclic amines) is 1. The van der Waals surface area contributed by atoms with Crippen molar-refractivity contribution in [2.75, 3.05) is 19.6 Å². The first-order valence-electron chi connectivity index (χ1n) is 11.3. The zero-order chi connectivity index (χ0) is 21.1. The van der Waals surface area contributed by atoms with Gasteiger partial charge in [0.15, 0.2) is 5.71 Å². The van der Waals surface area contributed by atoms with Gasteiger partial charge in [-0.15, -0.1) is 0 Å². The Kier molecular flexibility index (Phi) is 5.68. The molecule has 2 fully saturated rings. The number of carbonyl (C=O) groups is 1. The van der Waals surface area contributed by atoms with Crippen molar-refractivity contribution >= 4 is 11.6 Å². The van der Waals surface area contributed by atoms with Crippen LogP contribution in [0.1, 0.15) is 36.8 Å². The Morgan fingerprint density at radius 3 is 2.71 bits per heavy atom. The van der Waals surface area contributed by atoms with Crippen LogP contribution in [-0.2, 0) is 22.6 Å². The fourth-order valence-electron chi connectivity index (χ4n) is 5.52. The lowest BCUT2D eigenvalue weighted by atomic mass is 9.68. The molecule has 0 unspecified atom stereocenters. The number of fused-ring (bicyclic) bond motifs is 2. The van der Waals surface area contributed by atoms with Crippen molar-refractivity contribution in [3.63, 3.8) is 0 Å². The van der Waals surface area contributed by atoms with E-state index < -0.39 is 0 Å². The first-order chi connectivity index (χ1) is 15.2. The molecule has 5 rings (SSSR count). The second-order valence-electron chi connectivity index (χ2n) is 9.00. The SMILES string of the molecule is O=C(NCCc1ccncc1)C1=NO[C@@H]2CCC3(CCN(Cc4cccnc4)CC3)[C@H]12. The molecular weight excluding hydrogens is 390 g/mol. The van der Waals surface area contributed by atoms with Crippen LogP contribution in [0.15, 0.2) is 54.2 Å². The van der Waals surface area contributed by atoms with Crippen LogP contribution in [-0.4, -0.2) is 52.2 Å². The molecule has 0 bridgehead atoms. The molecule has 1 spiro atoms. The van der Waals surface area contributed by atoms with Crippen LogP contribution in [0.5, 0.6) is 0 Å². The number of carbonyl (C=O) groups excluding carboxylic acids is 1. The van der Waals surface area contributed by atoms with Gasteiger partial charge in [-0.25, -0.2) is 0 Å². The van der Waals surface area contributed by atoms with Crippen LogP contribution >= 0.6 is 0 Å². The normalized spacial score (nSPS) is 24.5. The number of amides is 1. The van der Waals surface area contributed by atoms with E-state index in [0.29, 0.717) is 12.3 Å². The predicted octanol–water partition coefficient (Wildman–Crippen LogP) is 2.58. The molecule has 0 radical (unpaired) electrons. The summed E-state index contributed by atoms with van der Waals surface area (Å²) in [5.74, 6) is 0.0505. The van der Waals surface area contributed by atoms with E-state index in [-0.39, 0.29) is 23.3 Å². The van der Waals surface area contributed by atoms with Crippen molar-refractivity contribution in [1.29, 1.82) is 0 Å². The smallest absolute Gasteiger partial charge is 0.269 e. The molecular formula is C24H29N5O2. The van der Waals surface area contributed by atoms with Gasteiger partial charge in [0, 0.05) is 37.9 Å². The second-order valence-corrected chi connectivity index (χ2v) is 9.00. The van der Waals surface area contributed by atoms with Gasteiger partial charge in [-0.3, -0.25) is 19.7 Å². The number of nitrogens with one attached hydrogen (secondary N) is 1. The van der Waals surface area contributed by atoms with Crippen molar-refractivity contribution in [2.45, 2.75) is 44.8 Å². The summed E-state index contributed by atoms with van der Waals surface area (Å²) in [6, 6.07) is 8.08. The minimum atomic E-state index is -0.0689. The number of hydrogen-bond acceptors (Lipinski definition) is 6. The van der Waals surface area contributed by atoms with E-state index in [4.69, 9.17) is 4.84 Å².